The van der Waals surface area contributed by atoms with E-state index in [0.29, 0.717) is 10.8 Å². The molecule has 0 fully saturated rings. The number of hydrogen-bond donors (Lipinski definition) is 1. The molecule has 0 atom stereocenters. The summed E-state index contributed by atoms with van der Waals surface area (Å²) in [6.07, 6.45) is 1.50. The largest absolute Gasteiger partial charge is 0.370 e. The van der Waals surface area contributed by atoms with E-state index in [-0.39, 0.29) is 5.28 Å². The molecule has 128 valence electrons. The lowest BCUT2D eigenvalue weighted by molar-refractivity contribution is 0.293. The molecule has 1 aromatic carbocycles. The van der Waals surface area contributed by atoms with Crippen LogP contribution in [0.15, 0.2) is 24.4 Å². The molecule has 1 aliphatic rings. The predicted octanol–water partition coefficient (Wildman–Crippen LogP) is 4.19. The van der Waals surface area contributed by atoms with Gasteiger partial charge in [0.25, 0.3) is 0 Å². The van der Waals surface area contributed by atoms with Crippen LogP contribution in [-0.4, -0.2) is 41.0 Å². The minimum atomic E-state index is 0.172. The molecule has 1 N–H and O–H groups in total. The molecule has 0 amide bonds. The number of benzene rings is 1. The molecule has 1 aromatic heterocycles. The van der Waals surface area contributed by atoms with E-state index in [2.05, 4.69) is 57.1 Å². The molecule has 5 nitrogen and oxygen atoms in total. The molecule has 0 bridgehead atoms. The zero-order valence-electron chi connectivity index (χ0n) is 13.9. The third-order valence-corrected chi connectivity index (χ3v) is 4.77. The number of rotatable bonds is 4. The third-order valence-electron chi connectivity index (χ3n) is 4.31. The van der Waals surface area contributed by atoms with Crippen molar-refractivity contribution in [3.8, 4) is 0 Å². The molecule has 0 aliphatic carbocycles. The monoisotopic (exact) mass is 365 g/mol. The number of fused-ring (bicyclic) bond motifs is 1. The smallest absolute Gasteiger partial charge is 0.224 e. The second kappa shape index (κ2) is 7.55. The van der Waals surface area contributed by atoms with Crippen molar-refractivity contribution in [2.24, 2.45) is 0 Å². The van der Waals surface area contributed by atoms with Gasteiger partial charge in [0, 0.05) is 37.6 Å². The fourth-order valence-corrected chi connectivity index (χ4v) is 3.21. The van der Waals surface area contributed by atoms with Gasteiger partial charge in [0.05, 0.1) is 6.20 Å². The molecule has 2 aromatic rings. The quantitative estimate of drug-likeness (QED) is 0.822. The SMILES string of the molecule is CCN1CCN(CC)c2cc(Nc3nc(Cl)ncc3Cl)ccc2C1. The first-order valence-corrected chi connectivity index (χ1v) is 8.91. The van der Waals surface area contributed by atoms with Crippen molar-refractivity contribution < 1.29 is 0 Å². The van der Waals surface area contributed by atoms with Crippen LogP contribution in [0.2, 0.25) is 10.3 Å². The fourth-order valence-electron chi connectivity index (χ4n) is 2.94. The van der Waals surface area contributed by atoms with E-state index in [4.69, 9.17) is 23.2 Å². The summed E-state index contributed by atoms with van der Waals surface area (Å²) in [5.41, 5.74) is 3.54. The van der Waals surface area contributed by atoms with Gasteiger partial charge in [0.2, 0.25) is 5.28 Å². The van der Waals surface area contributed by atoms with Gasteiger partial charge < -0.3 is 10.2 Å². The highest BCUT2D eigenvalue weighted by Crippen LogP contribution is 2.31. The van der Waals surface area contributed by atoms with Crippen LogP contribution in [0.1, 0.15) is 19.4 Å². The van der Waals surface area contributed by atoms with Gasteiger partial charge in [0.15, 0.2) is 5.82 Å². The van der Waals surface area contributed by atoms with Gasteiger partial charge in [-0.05, 0) is 42.8 Å². The maximum absolute atomic E-state index is 6.15. The highest BCUT2D eigenvalue weighted by molar-refractivity contribution is 6.33. The summed E-state index contributed by atoms with van der Waals surface area (Å²) in [5, 5.41) is 3.86. The van der Waals surface area contributed by atoms with Gasteiger partial charge in [0.1, 0.15) is 5.02 Å². The van der Waals surface area contributed by atoms with Gasteiger partial charge in [-0.15, -0.1) is 0 Å². The molecule has 7 heteroatoms. The Morgan fingerprint density at radius 3 is 2.75 bits per heavy atom. The average Bonchev–Trinajstić information content (AvgIpc) is 2.76. The summed E-state index contributed by atoms with van der Waals surface area (Å²) in [6, 6.07) is 6.38. The molecule has 0 spiro atoms. The number of aromatic nitrogens is 2. The number of anilines is 3. The summed E-state index contributed by atoms with van der Waals surface area (Å²) in [7, 11) is 0. The van der Waals surface area contributed by atoms with E-state index in [1.165, 1.54) is 17.4 Å². The van der Waals surface area contributed by atoms with Gasteiger partial charge in [-0.25, -0.2) is 4.98 Å². The third kappa shape index (κ3) is 3.74. The van der Waals surface area contributed by atoms with Crippen LogP contribution >= 0.6 is 23.2 Å². The minimum Gasteiger partial charge on any atom is -0.370 e. The van der Waals surface area contributed by atoms with Crippen LogP contribution in [0.25, 0.3) is 0 Å². The average molecular weight is 366 g/mol. The van der Waals surface area contributed by atoms with E-state index in [1.807, 2.05) is 0 Å². The standard InChI is InChI=1S/C17H21Cl2N5/c1-3-23-7-8-24(4-2)15-9-13(6-5-12(15)11-23)21-16-14(18)10-20-17(19)22-16/h5-6,9-10H,3-4,7-8,11H2,1-2H3,(H,20,21,22). The van der Waals surface area contributed by atoms with Crippen molar-refractivity contribution >= 4 is 40.4 Å². The number of halogens is 2. The number of nitrogens with zero attached hydrogens (tertiary/aromatic N) is 4. The fraction of sp³-hybridized carbons (Fsp3) is 0.412. The first kappa shape index (κ1) is 17.3. The maximum atomic E-state index is 6.15. The maximum Gasteiger partial charge on any atom is 0.224 e. The molecule has 0 radical (unpaired) electrons. The zero-order valence-corrected chi connectivity index (χ0v) is 15.4. The van der Waals surface area contributed by atoms with Crippen LogP contribution in [0, 0.1) is 0 Å². The van der Waals surface area contributed by atoms with Crippen molar-refractivity contribution in [3.63, 3.8) is 0 Å². The lowest BCUT2D eigenvalue weighted by Crippen LogP contribution is -2.31. The minimum absolute atomic E-state index is 0.172. The van der Waals surface area contributed by atoms with Crippen molar-refractivity contribution in [2.45, 2.75) is 20.4 Å². The lowest BCUT2D eigenvalue weighted by atomic mass is 10.1. The number of likely N-dealkylation sites (N-methyl/N-ethyl adjacent to an activating group) is 2. The first-order valence-electron chi connectivity index (χ1n) is 8.16. The Hall–Kier alpha value is -1.56. The van der Waals surface area contributed by atoms with E-state index >= 15 is 0 Å². The molecule has 3 rings (SSSR count). The Kier molecular flexibility index (Phi) is 5.43. The number of hydrogen-bond acceptors (Lipinski definition) is 5. The summed E-state index contributed by atoms with van der Waals surface area (Å²) >= 11 is 12.0. The Labute approximate surface area is 152 Å². The Bertz CT molecular complexity index is 722. The summed E-state index contributed by atoms with van der Waals surface area (Å²) in [4.78, 5) is 12.9. The molecule has 2 heterocycles. The molecular weight excluding hydrogens is 345 g/mol. The molecule has 0 saturated heterocycles. The molecule has 0 saturated carbocycles. The van der Waals surface area contributed by atoms with Crippen molar-refractivity contribution in [1.82, 2.24) is 14.9 Å². The Morgan fingerprint density at radius 2 is 2.00 bits per heavy atom. The topological polar surface area (TPSA) is 44.3 Å². The summed E-state index contributed by atoms with van der Waals surface area (Å²) < 4.78 is 0. The normalized spacial score (nSPS) is 15.1. The van der Waals surface area contributed by atoms with Gasteiger partial charge >= 0.3 is 0 Å². The van der Waals surface area contributed by atoms with Gasteiger partial charge in [-0.2, -0.15) is 4.98 Å². The van der Waals surface area contributed by atoms with Crippen LogP contribution in [0.4, 0.5) is 17.2 Å². The molecule has 0 unspecified atom stereocenters. The summed E-state index contributed by atoms with van der Waals surface area (Å²) in [5.74, 6) is 0.517. The predicted molar refractivity (Wildman–Crippen MR) is 101 cm³/mol. The van der Waals surface area contributed by atoms with Crippen LogP contribution in [0.3, 0.4) is 0 Å². The van der Waals surface area contributed by atoms with E-state index in [1.54, 1.807) is 0 Å². The van der Waals surface area contributed by atoms with Crippen molar-refractivity contribution in [1.29, 1.82) is 0 Å². The van der Waals surface area contributed by atoms with Crippen LogP contribution < -0.4 is 10.2 Å². The van der Waals surface area contributed by atoms with E-state index in [9.17, 15) is 0 Å². The van der Waals surface area contributed by atoms with Crippen molar-refractivity contribution in [2.75, 3.05) is 36.4 Å². The second-order valence-corrected chi connectivity index (χ2v) is 6.50. The highest BCUT2D eigenvalue weighted by atomic mass is 35.5. The molecule has 1 aliphatic heterocycles. The molecular formula is C17H21Cl2N5. The van der Waals surface area contributed by atoms with Gasteiger partial charge in [-0.3, -0.25) is 4.90 Å². The first-order chi connectivity index (χ1) is 11.6. The Balaban J connectivity index is 1.92. The number of nitrogens with one attached hydrogen (secondary N) is 1. The summed E-state index contributed by atoms with van der Waals surface area (Å²) in [6.45, 7) is 9.52. The lowest BCUT2D eigenvalue weighted by Gasteiger charge is -2.23. The van der Waals surface area contributed by atoms with Gasteiger partial charge in [-0.1, -0.05) is 24.6 Å². The zero-order chi connectivity index (χ0) is 17.1. The Morgan fingerprint density at radius 1 is 1.17 bits per heavy atom. The highest BCUT2D eigenvalue weighted by Gasteiger charge is 2.18. The van der Waals surface area contributed by atoms with E-state index in [0.717, 1.165) is 38.4 Å². The van der Waals surface area contributed by atoms with Crippen LogP contribution in [0.5, 0.6) is 0 Å². The molecule has 24 heavy (non-hydrogen) atoms. The van der Waals surface area contributed by atoms with E-state index < -0.39 is 0 Å². The second-order valence-electron chi connectivity index (χ2n) is 5.75. The van der Waals surface area contributed by atoms with Crippen molar-refractivity contribution in [3.05, 3.63) is 40.3 Å². The van der Waals surface area contributed by atoms with Crippen LogP contribution in [-0.2, 0) is 6.54 Å².